The molecule has 106 valence electrons. The molecule has 1 aromatic rings. The Morgan fingerprint density at radius 2 is 1.95 bits per heavy atom. The van der Waals surface area contributed by atoms with Crippen LogP contribution < -0.4 is 15.8 Å². The van der Waals surface area contributed by atoms with Crippen LogP contribution in [-0.2, 0) is 10.3 Å². The third-order valence-electron chi connectivity index (χ3n) is 3.10. The Kier molecular flexibility index (Phi) is 5.83. The second-order valence-corrected chi connectivity index (χ2v) is 4.86. The first-order valence-corrected chi connectivity index (χ1v) is 6.78. The molecule has 1 unspecified atom stereocenters. The number of primary amides is 1. The minimum Gasteiger partial charge on any atom is -0.494 e. The summed E-state index contributed by atoms with van der Waals surface area (Å²) in [6.07, 6.45) is 1.28. The molecular formula is C15H24N2O2. The molecule has 4 nitrogen and oxygen atoms in total. The Labute approximate surface area is 115 Å². The van der Waals surface area contributed by atoms with Crippen molar-refractivity contribution in [3.05, 3.63) is 29.8 Å². The number of nitrogens with two attached hydrogens (primary N) is 1. The number of ether oxygens (including phenoxy) is 1. The van der Waals surface area contributed by atoms with Gasteiger partial charge < -0.3 is 15.8 Å². The maximum atomic E-state index is 11.3. The van der Waals surface area contributed by atoms with Gasteiger partial charge in [-0.2, -0.15) is 0 Å². The van der Waals surface area contributed by atoms with Gasteiger partial charge in [0.1, 0.15) is 5.75 Å². The van der Waals surface area contributed by atoms with Crippen molar-refractivity contribution >= 4 is 5.91 Å². The van der Waals surface area contributed by atoms with E-state index in [1.54, 1.807) is 0 Å². The molecular weight excluding hydrogens is 240 g/mol. The number of carbonyl (C=O) groups is 1. The second kappa shape index (κ2) is 7.14. The normalized spacial score (nSPS) is 13.8. The van der Waals surface area contributed by atoms with E-state index in [0.717, 1.165) is 24.3 Å². The number of rotatable bonds is 8. The maximum Gasteiger partial charge on any atom is 0.219 e. The molecule has 1 atom stereocenters. The first kappa shape index (κ1) is 15.5. The molecule has 0 aliphatic carbocycles. The SMILES string of the molecule is CCCNC(C)(CC(N)=O)c1ccc(OCC)cc1. The maximum absolute atomic E-state index is 11.3. The van der Waals surface area contributed by atoms with Gasteiger partial charge in [0.05, 0.1) is 6.61 Å². The molecule has 0 heterocycles. The van der Waals surface area contributed by atoms with Gasteiger partial charge in [-0.15, -0.1) is 0 Å². The average Bonchev–Trinajstić information content (AvgIpc) is 2.37. The van der Waals surface area contributed by atoms with Crippen molar-refractivity contribution in [2.24, 2.45) is 5.73 Å². The van der Waals surface area contributed by atoms with E-state index in [9.17, 15) is 4.79 Å². The van der Waals surface area contributed by atoms with E-state index < -0.39 is 5.54 Å². The molecule has 0 fully saturated rings. The van der Waals surface area contributed by atoms with Gasteiger partial charge in [0, 0.05) is 12.0 Å². The lowest BCUT2D eigenvalue weighted by Crippen LogP contribution is -2.43. The molecule has 0 aliphatic rings. The fourth-order valence-electron chi connectivity index (χ4n) is 2.10. The fourth-order valence-corrected chi connectivity index (χ4v) is 2.10. The highest BCUT2D eigenvalue weighted by molar-refractivity contribution is 5.75. The zero-order valence-corrected chi connectivity index (χ0v) is 12.0. The standard InChI is InChI=1S/C15H24N2O2/c1-4-10-17-15(3,11-14(16)18)12-6-8-13(9-7-12)19-5-2/h6-9,17H,4-5,10-11H2,1-3H3,(H2,16,18). The van der Waals surface area contributed by atoms with E-state index in [-0.39, 0.29) is 12.3 Å². The zero-order valence-electron chi connectivity index (χ0n) is 12.0. The van der Waals surface area contributed by atoms with Crippen molar-refractivity contribution in [3.8, 4) is 5.75 Å². The van der Waals surface area contributed by atoms with Gasteiger partial charge in [-0.1, -0.05) is 19.1 Å². The average molecular weight is 264 g/mol. The summed E-state index contributed by atoms with van der Waals surface area (Å²) in [5.74, 6) is 0.531. The Morgan fingerprint density at radius 3 is 2.42 bits per heavy atom. The summed E-state index contributed by atoms with van der Waals surface area (Å²) in [5.41, 5.74) is 5.98. The van der Waals surface area contributed by atoms with Gasteiger partial charge >= 0.3 is 0 Å². The molecule has 4 heteroatoms. The predicted molar refractivity (Wildman–Crippen MR) is 77.1 cm³/mol. The van der Waals surface area contributed by atoms with E-state index in [1.165, 1.54) is 0 Å². The van der Waals surface area contributed by atoms with Crippen LogP contribution in [0.4, 0.5) is 0 Å². The highest BCUT2D eigenvalue weighted by Gasteiger charge is 2.27. The smallest absolute Gasteiger partial charge is 0.219 e. The minimum atomic E-state index is -0.424. The summed E-state index contributed by atoms with van der Waals surface area (Å²) < 4.78 is 5.42. The molecule has 0 saturated heterocycles. The lowest BCUT2D eigenvalue weighted by Gasteiger charge is -2.30. The molecule has 0 aromatic heterocycles. The van der Waals surface area contributed by atoms with Gasteiger partial charge in [0.15, 0.2) is 0 Å². The van der Waals surface area contributed by atoms with E-state index in [4.69, 9.17) is 10.5 Å². The molecule has 0 bridgehead atoms. The summed E-state index contributed by atoms with van der Waals surface area (Å²) in [6, 6.07) is 7.81. The van der Waals surface area contributed by atoms with Crippen LogP contribution in [0, 0.1) is 0 Å². The lowest BCUT2D eigenvalue weighted by molar-refractivity contribution is -0.119. The highest BCUT2D eigenvalue weighted by atomic mass is 16.5. The molecule has 19 heavy (non-hydrogen) atoms. The van der Waals surface area contributed by atoms with Crippen molar-refractivity contribution in [1.29, 1.82) is 0 Å². The fraction of sp³-hybridized carbons (Fsp3) is 0.533. The summed E-state index contributed by atoms with van der Waals surface area (Å²) in [7, 11) is 0. The molecule has 1 rings (SSSR count). The van der Waals surface area contributed by atoms with Crippen LogP contribution in [0.15, 0.2) is 24.3 Å². The monoisotopic (exact) mass is 264 g/mol. The summed E-state index contributed by atoms with van der Waals surface area (Å²) in [5, 5.41) is 3.40. The van der Waals surface area contributed by atoms with Gasteiger partial charge in [0.25, 0.3) is 0 Å². The van der Waals surface area contributed by atoms with Gasteiger partial charge in [-0.3, -0.25) is 4.79 Å². The van der Waals surface area contributed by atoms with Gasteiger partial charge in [0.2, 0.25) is 5.91 Å². The first-order valence-electron chi connectivity index (χ1n) is 6.78. The van der Waals surface area contributed by atoms with Crippen molar-refractivity contribution in [1.82, 2.24) is 5.32 Å². The van der Waals surface area contributed by atoms with E-state index in [0.29, 0.717) is 6.61 Å². The van der Waals surface area contributed by atoms with E-state index in [1.807, 2.05) is 38.1 Å². The van der Waals surface area contributed by atoms with E-state index >= 15 is 0 Å². The topological polar surface area (TPSA) is 64.3 Å². The van der Waals surface area contributed by atoms with Crippen LogP contribution in [-0.4, -0.2) is 19.1 Å². The number of nitrogens with one attached hydrogen (secondary N) is 1. The van der Waals surface area contributed by atoms with Gasteiger partial charge in [-0.05, 0) is 44.5 Å². The largest absolute Gasteiger partial charge is 0.494 e. The number of amides is 1. The third kappa shape index (κ3) is 4.56. The van der Waals surface area contributed by atoms with Gasteiger partial charge in [-0.25, -0.2) is 0 Å². The van der Waals surface area contributed by atoms with Crippen LogP contribution in [0.5, 0.6) is 5.75 Å². The predicted octanol–water partition coefficient (Wildman–Crippen LogP) is 2.18. The van der Waals surface area contributed by atoms with Crippen LogP contribution in [0.3, 0.4) is 0 Å². The Bertz CT molecular complexity index is 403. The summed E-state index contributed by atoms with van der Waals surface area (Å²) >= 11 is 0. The van der Waals surface area contributed by atoms with Crippen LogP contribution in [0.2, 0.25) is 0 Å². The first-order chi connectivity index (χ1) is 9.01. The molecule has 0 saturated carbocycles. The molecule has 3 N–H and O–H groups in total. The number of benzene rings is 1. The lowest BCUT2D eigenvalue weighted by atomic mass is 9.88. The molecule has 1 amide bonds. The van der Waals surface area contributed by atoms with E-state index in [2.05, 4.69) is 12.2 Å². The highest BCUT2D eigenvalue weighted by Crippen LogP contribution is 2.26. The summed E-state index contributed by atoms with van der Waals surface area (Å²) in [4.78, 5) is 11.3. The Hall–Kier alpha value is -1.55. The van der Waals surface area contributed by atoms with Crippen LogP contribution in [0.25, 0.3) is 0 Å². The minimum absolute atomic E-state index is 0.279. The number of hydrogen-bond donors (Lipinski definition) is 2. The Morgan fingerprint density at radius 1 is 1.32 bits per heavy atom. The molecule has 0 aliphatic heterocycles. The number of carbonyl (C=O) groups excluding carboxylic acids is 1. The second-order valence-electron chi connectivity index (χ2n) is 4.86. The van der Waals surface area contributed by atoms with Crippen molar-refractivity contribution in [3.63, 3.8) is 0 Å². The summed E-state index contributed by atoms with van der Waals surface area (Å²) in [6.45, 7) is 7.54. The van der Waals surface area contributed by atoms with Crippen molar-refractivity contribution in [2.75, 3.05) is 13.2 Å². The Balaban J connectivity index is 2.92. The van der Waals surface area contributed by atoms with Crippen LogP contribution >= 0.6 is 0 Å². The quantitative estimate of drug-likeness (QED) is 0.756. The van der Waals surface area contributed by atoms with Crippen molar-refractivity contribution < 1.29 is 9.53 Å². The third-order valence-corrected chi connectivity index (χ3v) is 3.10. The van der Waals surface area contributed by atoms with Crippen molar-refractivity contribution in [2.45, 2.75) is 39.2 Å². The van der Waals surface area contributed by atoms with Crippen LogP contribution in [0.1, 0.15) is 39.2 Å². The molecule has 0 radical (unpaired) electrons. The zero-order chi connectivity index (χ0) is 14.3. The molecule has 1 aromatic carbocycles. The number of hydrogen-bond acceptors (Lipinski definition) is 3. The molecule has 0 spiro atoms.